The van der Waals surface area contributed by atoms with Crippen LogP contribution in [0.5, 0.6) is 5.75 Å². The van der Waals surface area contributed by atoms with Gasteiger partial charge in [0.2, 0.25) is 5.91 Å². The summed E-state index contributed by atoms with van der Waals surface area (Å²) in [6.07, 6.45) is 0. The second kappa shape index (κ2) is 8.19. The van der Waals surface area contributed by atoms with Crippen LogP contribution in [0.15, 0.2) is 48.5 Å². The number of halogens is 1. The highest BCUT2D eigenvalue weighted by Gasteiger charge is 2.08. The number of anilines is 1. The molecule has 0 saturated carbocycles. The van der Waals surface area contributed by atoms with Crippen molar-refractivity contribution in [3.8, 4) is 5.75 Å². The van der Waals surface area contributed by atoms with E-state index in [1.54, 1.807) is 30.3 Å². The Morgan fingerprint density at radius 1 is 1.09 bits per heavy atom. The zero-order valence-electron chi connectivity index (χ0n) is 12.6. The highest BCUT2D eigenvalue weighted by Crippen LogP contribution is 2.19. The molecule has 0 saturated heterocycles. The van der Waals surface area contributed by atoms with E-state index >= 15 is 0 Å². The lowest BCUT2D eigenvalue weighted by Gasteiger charge is -2.10. The molecule has 0 bridgehead atoms. The van der Waals surface area contributed by atoms with Gasteiger partial charge in [0.15, 0.2) is 6.61 Å². The van der Waals surface area contributed by atoms with Crippen molar-refractivity contribution < 1.29 is 14.3 Å². The molecular weight excluding hydrogens is 316 g/mol. The molecule has 23 heavy (non-hydrogen) atoms. The van der Waals surface area contributed by atoms with Crippen LogP contribution in [0.3, 0.4) is 0 Å². The molecule has 0 fully saturated rings. The molecule has 0 unspecified atom stereocenters. The van der Waals surface area contributed by atoms with Crippen molar-refractivity contribution in [2.24, 2.45) is 0 Å². The number of aryl methyl sites for hydroxylation is 1. The number of carbonyl (C=O) groups excluding carboxylic acids is 2. The molecule has 2 amide bonds. The Bertz CT molecular complexity index is 689. The van der Waals surface area contributed by atoms with Gasteiger partial charge in [0.1, 0.15) is 5.75 Å². The molecule has 0 aromatic heterocycles. The predicted molar refractivity (Wildman–Crippen MR) is 89.8 cm³/mol. The first-order valence-corrected chi connectivity index (χ1v) is 7.43. The maximum absolute atomic E-state index is 11.8. The summed E-state index contributed by atoms with van der Waals surface area (Å²) in [7, 11) is 0. The fourth-order valence-electron chi connectivity index (χ4n) is 1.86. The minimum Gasteiger partial charge on any atom is -0.484 e. The Morgan fingerprint density at radius 3 is 2.52 bits per heavy atom. The van der Waals surface area contributed by atoms with Gasteiger partial charge in [0, 0.05) is 10.7 Å². The lowest BCUT2D eigenvalue weighted by molar-refractivity contribution is -0.125. The van der Waals surface area contributed by atoms with E-state index in [9.17, 15) is 9.59 Å². The minimum atomic E-state index is -0.364. The number of ether oxygens (including phenoxy) is 1. The predicted octanol–water partition coefficient (Wildman–Crippen LogP) is 2.78. The van der Waals surface area contributed by atoms with Gasteiger partial charge < -0.3 is 15.4 Å². The number of para-hydroxylation sites is 1. The molecule has 120 valence electrons. The zero-order valence-corrected chi connectivity index (χ0v) is 13.4. The molecule has 0 spiro atoms. The first-order chi connectivity index (χ1) is 11.0. The van der Waals surface area contributed by atoms with Crippen LogP contribution in [0.2, 0.25) is 5.02 Å². The average molecular weight is 333 g/mol. The van der Waals surface area contributed by atoms with Crippen molar-refractivity contribution in [2.45, 2.75) is 6.92 Å². The number of nitrogens with one attached hydrogen (secondary N) is 2. The Hall–Kier alpha value is -2.53. The summed E-state index contributed by atoms with van der Waals surface area (Å²) in [5.41, 5.74) is 1.51. The Balaban J connectivity index is 1.74. The quantitative estimate of drug-likeness (QED) is 0.854. The number of hydrogen-bond donors (Lipinski definition) is 2. The third kappa shape index (κ3) is 5.64. The van der Waals surface area contributed by atoms with E-state index in [0.717, 1.165) is 5.56 Å². The molecular formula is C17H17ClN2O3. The topological polar surface area (TPSA) is 67.4 Å². The summed E-state index contributed by atoms with van der Waals surface area (Å²) in [5.74, 6) is -0.0794. The lowest BCUT2D eigenvalue weighted by atomic mass is 10.2. The van der Waals surface area contributed by atoms with Crippen LogP contribution >= 0.6 is 11.6 Å². The second-order valence-electron chi connectivity index (χ2n) is 4.89. The van der Waals surface area contributed by atoms with Crippen LogP contribution in [0.4, 0.5) is 5.69 Å². The van der Waals surface area contributed by atoms with Crippen LogP contribution in [-0.4, -0.2) is 25.0 Å². The summed E-state index contributed by atoms with van der Waals surface area (Å²) in [6.45, 7) is 1.57. The Morgan fingerprint density at radius 2 is 1.83 bits per heavy atom. The molecule has 6 heteroatoms. The fourth-order valence-corrected chi connectivity index (χ4v) is 2.08. The van der Waals surface area contributed by atoms with E-state index in [-0.39, 0.29) is 25.0 Å². The first-order valence-electron chi connectivity index (χ1n) is 7.05. The van der Waals surface area contributed by atoms with E-state index in [2.05, 4.69) is 10.6 Å². The minimum absolute atomic E-state index is 0.126. The number of benzene rings is 2. The van der Waals surface area contributed by atoms with Gasteiger partial charge in [-0.3, -0.25) is 9.59 Å². The highest BCUT2D eigenvalue weighted by atomic mass is 35.5. The van der Waals surface area contributed by atoms with Crippen molar-refractivity contribution >= 4 is 29.1 Å². The molecule has 0 radical (unpaired) electrons. The number of rotatable bonds is 6. The van der Waals surface area contributed by atoms with E-state index in [1.807, 2.05) is 25.1 Å². The van der Waals surface area contributed by atoms with Gasteiger partial charge >= 0.3 is 0 Å². The largest absolute Gasteiger partial charge is 0.484 e. The van der Waals surface area contributed by atoms with Crippen molar-refractivity contribution in [3.05, 3.63) is 59.1 Å². The first kappa shape index (κ1) is 16.8. The second-order valence-corrected chi connectivity index (χ2v) is 5.32. The van der Waals surface area contributed by atoms with Crippen LogP contribution in [0.25, 0.3) is 0 Å². The Kier molecular flexibility index (Phi) is 6.00. The molecule has 2 aromatic carbocycles. The van der Waals surface area contributed by atoms with Crippen molar-refractivity contribution in [1.29, 1.82) is 0 Å². The average Bonchev–Trinajstić information content (AvgIpc) is 2.54. The summed E-state index contributed by atoms with van der Waals surface area (Å²) >= 11 is 5.86. The van der Waals surface area contributed by atoms with Crippen molar-refractivity contribution in [1.82, 2.24) is 5.32 Å². The summed E-state index contributed by atoms with van der Waals surface area (Å²) < 4.78 is 5.29. The fraction of sp³-hybridized carbons (Fsp3) is 0.176. The third-order valence-corrected chi connectivity index (χ3v) is 3.26. The van der Waals surface area contributed by atoms with Crippen molar-refractivity contribution in [2.75, 3.05) is 18.5 Å². The highest BCUT2D eigenvalue weighted by molar-refractivity contribution is 6.30. The monoisotopic (exact) mass is 332 g/mol. The van der Waals surface area contributed by atoms with Crippen LogP contribution < -0.4 is 15.4 Å². The van der Waals surface area contributed by atoms with Crippen LogP contribution in [-0.2, 0) is 9.59 Å². The number of amides is 2. The molecule has 2 aromatic rings. The third-order valence-electron chi connectivity index (χ3n) is 3.02. The summed E-state index contributed by atoms with van der Waals surface area (Å²) in [6, 6.07) is 14.2. The SMILES string of the molecule is Cc1cc(Cl)ccc1NC(=O)CNC(=O)COc1ccccc1. The molecule has 5 nitrogen and oxygen atoms in total. The van der Waals surface area contributed by atoms with E-state index in [4.69, 9.17) is 16.3 Å². The maximum Gasteiger partial charge on any atom is 0.258 e. The molecule has 0 heterocycles. The zero-order chi connectivity index (χ0) is 16.7. The van der Waals surface area contributed by atoms with Gasteiger partial charge in [-0.15, -0.1) is 0 Å². The van der Waals surface area contributed by atoms with E-state index < -0.39 is 0 Å². The smallest absolute Gasteiger partial charge is 0.258 e. The van der Waals surface area contributed by atoms with E-state index in [1.165, 1.54) is 0 Å². The van der Waals surface area contributed by atoms with E-state index in [0.29, 0.717) is 16.5 Å². The lowest BCUT2D eigenvalue weighted by Crippen LogP contribution is -2.35. The van der Waals surface area contributed by atoms with Crippen LogP contribution in [0.1, 0.15) is 5.56 Å². The maximum atomic E-state index is 11.8. The molecule has 0 aliphatic heterocycles. The summed E-state index contributed by atoms with van der Waals surface area (Å²) in [5, 5.41) is 5.82. The standard InChI is InChI=1S/C17H17ClN2O3/c1-12-9-13(18)7-8-15(12)20-16(21)10-19-17(22)11-23-14-5-3-2-4-6-14/h2-9H,10-11H2,1H3,(H,19,22)(H,20,21). The molecule has 0 aliphatic carbocycles. The normalized spacial score (nSPS) is 10.0. The van der Waals surface area contributed by atoms with Gasteiger partial charge in [-0.25, -0.2) is 0 Å². The van der Waals surface area contributed by atoms with Crippen molar-refractivity contribution in [3.63, 3.8) is 0 Å². The number of hydrogen-bond acceptors (Lipinski definition) is 3. The van der Waals surface area contributed by atoms with Gasteiger partial charge in [0.05, 0.1) is 6.54 Å². The molecule has 0 aliphatic rings. The van der Waals surface area contributed by atoms with Crippen LogP contribution in [0, 0.1) is 6.92 Å². The molecule has 2 N–H and O–H groups in total. The summed E-state index contributed by atoms with van der Waals surface area (Å²) in [4.78, 5) is 23.5. The molecule has 0 atom stereocenters. The number of carbonyl (C=O) groups is 2. The van der Waals surface area contributed by atoms with Gasteiger partial charge in [0.25, 0.3) is 5.91 Å². The van der Waals surface area contributed by atoms with Gasteiger partial charge in [-0.1, -0.05) is 29.8 Å². The van der Waals surface area contributed by atoms with Gasteiger partial charge in [-0.05, 0) is 42.8 Å². The Labute approximate surface area is 139 Å². The van der Waals surface area contributed by atoms with Gasteiger partial charge in [-0.2, -0.15) is 0 Å². The molecule has 2 rings (SSSR count).